The molecule has 21 heavy (non-hydrogen) atoms. The lowest BCUT2D eigenvalue weighted by atomic mass is 10.1. The number of rotatable bonds is 2. The van der Waals surface area contributed by atoms with Crippen LogP contribution < -0.4 is 0 Å². The second-order valence-corrected chi connectivity index (χ2v) is 5.84. The van der Waals surface area contributed by atoms with E-state index in [1.165, 1.54) is 0 Å². The quantitative estimate of drug-likeness (QED) is 0.795. The van der Waals surface area contributed by atoms with Crippen molar-refractivity contribution < 1.29 is 9.53 Å². The van der Waals surface area contributed by atoms with Gasteiger partial charge in [0.25, 0.3) is 0 Å². The Morgan fingerprint density at radius 2 is 1.81 bits per heavy atom. The average Bonchev–Trinajstić information content (AvgIpc) is 3.14. The monoisotopic (exact) mass is 297 g/mol. The second kappa shape index (κ2) is 4.43. The van der Waals surface area contributed by atoms with Gasteiger partial charge in [0, 0.05) is 16.5 Å². The Morgan fingerprint density at radius 3 is 2.52 bits per heavy atom. The summed E-state index contributed by atoms with van der Waals surface area (Å²) in [5.41, 5.74) is 1.19. The van der Waals surface area contributed by atoms with Crippen LogP contribution in [0.25, 0.3) is 0 Å². The number of ether oxygens (including phenoxy) is 1. The van der Waals surface area contributed by atoms with Gasteiger partial charge in [-0.25, -0.2) is 9.79 Å². The molecule has 1 fully saturated rings. The summed E-state index contributed by atoms with van der Waals surface area (Å²) in [6.07, 6.45) is 0.698. The minimum absolute atomic E-state index is 0.0866. The third-order valence-corrected chi connectivity index (χ3v) is 4.32. The zero-order valence-electron chi connectivity index (χ0n) is 11.1. The van der Waals surface area contributed by atoms with Crippen LogP contribution in [0.3, 0.4) is 0 Å². The van der Waals surface area contributed by atoms with E-state index in [2.05, 4.69) is 4.99 Å². The maximum Gasteiger partial charge on any atom is 0.341 e. The molecule has 1 saturated carbocycles. The van der Waals surface area contributed by atoms with Crippen LogP contribution in [-0.4, -0.2) is 17.4 Å². The Labute approximate surface area is 127 Å². The standard InChI is InChI=1S/C17H12ClNO2/c18-13-8-6-11(7-9-13)14-10-17(14)16(20)21-15(19-17)12-4-2-1-3-5-12/h1-9,14H,10H2/t14-,17-/m0/s1. The van der Waals surface area contributed by atoms with Crippen molar-refractivity contribution in [3.05, 3.63) is 70.7 Å². The van der Waals surface area contributed by atoms with E-state index in [0.29, 0.717) is 17.3 Å². The molecule has 0 amide bonds. The molecular formula is C17H12ClNO2. The zero-order valence-corrected chi connectivity index (χ0v) is 11.9. The first kappa shape index (κ1) is 12.6. The highest BCUT2D eigenvalue weighted by atomic mass is 35.5. The minimum Gasteiger partial charge on any atom is -0.405 e. The van der Waals surface area contributed by atoms with Crippen molar-refractivity contribution in [1.82, 2.24) is 0 Å². The predicted molar refractivity (Wildman–Crippen MR) is 80.6 cm³/mol. The van der Waals surface area contributed by atoms with Crippen molar-refractivity contribution in [2.24, 2.45) is 4.99 Å². The van der Waals surface area contributed by atoms with Crippen molar-refractivity contribution >= 4 is 23.5 Å². The van der Waals surface area contributed by atoms with Crippen LogP contribution in [-0.2, 0) is 9.53 Å². The molecule has 2 aliphatic rings. The summed E-state index contributed by atoms with van der Waals surface area (Å²) in [5, 5.41) is 0.691. The van der Waals surface area contributed by atoms with Crippen LogP contribution in [0.4, 0.5) is 0 Å². The summed E-state index contributed by atoms with van der Waals surface area (Å²) in [4.78, 5) is 16.8. The van der Waals surface area contributed by atoms with E-state index in [1.807, 2.05) is 54.6 Å². The summed E-state index contributed by atoms with van der Waals surface area (Å²) in [7, 11) is 0. The van der Waals surface area contributed by atoms with Crippen LogP contribution in [0.15, 0.2) is 59.6 Å². The molecule has 0 N–H and O–H groups in total. The molecule has 0 bridgehead atoms. The van der Waals surface area contributed by atoms with E-state index < -0.39 is 5.54 Å². The number of aliphatic imine (C=N–C) groups is 1. The number of cyclic esters (lactones) is 1. The zero-order chi connectivity index (χ0) is 14.4. The Hall–Kier alpha value is -2.13. The van der Waals surface area contributed by atoms with Crippen molar-refractivity contribution in [3.63, 3.8) is 0 Å². The van der Waals surface area contributed by atoms with E-state index in [-0.39, 0.29) is 11.9 Å². The molecule has 4 heteroatoms. The summed E-state index contributed by atoms with van der Waals surface area (Å²) in [5.74, 6) is 0.266. The minimum atomic E-state index is -0.723. The van der Waals surface area contributed by atoms with E-state index in [4.69, 9.17) is 16.3 Å². The van der Waals surface area contributed by atoms with Crippen LogP contribution >= 0.6 is 11.6 Å². The van der Waals surface area contributed by atoms with E-state index in [0.717, 1.165) is 11.1 Å². The molecule has 1 aliphatic heterocycles. The molecule has 3 nitrogen and oxygen atoms in total. The number of nitrogens with zero attached hydrogens (tertiary/aromatic N) is 1. The van der Waals surface area contributed by atoms with Gasteiger partial charge in [0.1, 0.15) is 0 Å². The Balaban J connectivity index is 1.66. The van der Waals surface area contributed by atoms with Crippen LogP contribution in [0.5, 0.6) is 0 Å². The van der Waals surface area contributed by atoms with Gasteiger partial charge < -0.3 is 4.74 Å². The van der Waals surface area contributed by atoms with Crippen molar-refractivity contribution in [2.75, 3.05) is 0 Å². The predicted octanol–water partition coefficient (Wildman–Crippen LogP) is 3.57. The van der Waals surface area contributed by atoms with Crippen LogP contribution in [0, 0.1) is 0 Å². The average molecular weight is 298 g/mol. The molecule has 2 aromatic rings. The first-order valence-corrected chi connectivity index (χ1v) is 7.20. The maximum absolute atomic E-state index is 12.2. The van der Waals surface area contributed by atoms with Crippen molar-refractivity contribution in [3.8, 4) is 0 Å². The summed E-state index contributed by atoms with van der Waals surface area (Å²) in [6, 6.07) is 17.1. The molecule has 104 valence electrons. The molecule has 4 rings (SSSR count). The molecule has 0 aromatic heterocycles. The highest BCUT2D eigenvalue weighted by Crippen LogP contribution is 2.57. The number of esters is 1. The highest BCUT2D eigenvalue weighted by molar-refractivity contribution is 6.30. The number of carbonyl (C=O) groups excluding carboxylic acids is 1. The number of hydrogen-bond donors (Lipinski definition) is 0. The second-order valence-electron chi connectivity index (χ2n) is 5.41. The van der Waals surface area contributed by atoms with Gasteiger partial charge in [0.2, 0.25) is 5.90 Å². The van der Waals surface area contributed by atoms with E-state index in [9.17, 15) is 4.79 Å². The van der Waals surface area contributed by atoms with Crippen molar-refractivity contribution in [1.29, 1.82) is 0 Å². The topological polar surface area (TPSA) is 38.7 Å². The molecule has 2 aromatic carbocycles. The van der Waals surface area contributed by atoms with Gasteiger partial charge in [-0.15, -0.1) is 0 Å². The first-order valence-electron chi connectivity index (χ1n) is 6.82. The number of carbonyl (C=O) groups is 1. The molecule has 0 saturated heterocycles. The lowest BCUT2D eigenvalue weighted by Crippen LogP contribution is -2.18. The molecule has 0 unspecified atom stereocenters. The summed E-state index contributed by atoms with van der Waals surface area (Å²) < 4.78 is 5.39. The van der Waals surface area contributed by atoms with Gasteiger partial charge in [-0.05, 0) is 36.2 Å². The molecule has 1 spiro atoms. The Morgan fingerprint density at radius 1 is 1.10 bits per heavy atom. The molecule has 1 aliphatic carbocycles. The van der Waals surface area contributed by atoms with Gasteiger partial charge in [-0.3, -0.25) is 0 Å². The van der Waals surface area contributed by atoms with Gasteiger partial charge in [-0.2, -0.15) is 0 Å². The van der Waals surface area contributed by atoms with Crippen molar-refractivity contribution in [2.45, 2.75) is 17.9 Å². The molecular weight excluding hydrogens is 286 g/mol. The highest BCUT2D eigenvalue weighted by Gasteiger charge is 2.65. The fraction of sp³-hybridized carbons (Fsp3) is 0.176. The maximum atomic E-state index is 12.2. The first-order chi connectivity index (χ1) is 10.2. The lowest BCUT2D eigenvalue weighted by molar-refractivity contribution is -0.136. The van der Waals surface area contributed by atoms with E-state index >= 15 is 0 Å². The Kier molecular flexibility index (Phi) is 2.66. The van der Waals surface area contributed by atoms with E-state index in [1.54, 1.807) is 0 Å². The fourth-order valence-corrected chi connectivity index (χ4v) is 2.95. The normalized spacial score (nSPS) is 26.6. The third kappa shape index (κ3) is 1.96. The molecule has 0 radical (unpaired) electrons. The number of hydrogen-bond acceptors (Lipinski definition) is 3. The summed E-state index contributed by atoms with van der Waals surface area (Å²) >= 11 is 5.90. The Bertz CT molecular complexity index is 739. The molecule has 1 heterocycles. The largest absolute Gasteiger partial charge is 0.405 e. The lowest BCUT2D eigenvalue weighted by Gasteiger charge is -2.02. The third-order valence-electron chi connectivity index (χ3n) is 4.07. The number of benzene rings is 2. The van der Waals surface area contributed by atoms with Gasteiger partial charge in [-0.1, -0.05) is 41.9 Å². The smallest absolute Gasteiger partial charge is 0.341 e. The van der Waals surface area contributed by atoms with Crippen LogP contribution in [0.2, 0.25) is 5.02 Å². The van der Waals surface area contributed by atoms with Crippen LogP contribution in [0.1, 0.15) is 23.5 Å². The van der Waals surface area contributed by atoms with Gasteiger partial charge in [0.05, 0.1) is 0 Å². The van der Waals surface area contributed by atoms with Gasteiger partial charge >= 0.3 is 5.97 Å². The van der Waals surface area contributed by atoms with Gasteiger partial charge in [0.15, 0.2) is 5.54 Å². The SMILES string of the molecule is O=C1OC(c2ccccc2)=N[C@]12C[C@H]2c1ccc(Cl)cc1. The number of halogens is 1. The summed E-state index contributed by atoms with van der Waals surface area (Å²) in [6.45, 7) is 0. The molecule has 2 atom stereocenters. The fourth-order valence-electron chi connectivity index (χ4n) is 2.82.